The lowest BCUT2D eigenvalue weighted by Gasteiger charge is -2.18. The summed E-state index contributed by atoms with van der Waals surface area (Å²) >= 11 is 0. The molecule has 3 heteroatoms. The summed E-state index contributed by atoms with van der Waals surface area (Å²) < 4.78 is 5.93. The minimum atomic E-state index is 0.280. The molecule has 1 unspecified atom stereocenters. The van der Waals surface area contributed by atoms with Gasteiger partial charge in [-0.05, 0) is 56.6 Å². The second-order valence-electron chi connectivity index (χ2n) is 4.61. The van der Waals surface area contributed by atoms with Gasteiger partial charge < -0.3 is 15.8 Å². The Labute approximate surface area is 111 Å². The van der Waals surface area contributed by atoms with Crippen LogP contribution in [0.5, 0.6) is 5.75 Å². The SMILES string of the molecule is CCCCNCCC(CC)Oc1ccc(N)cc1. The van der Waals surface area contributed by atoms with E-state index in [-0.39, 0.29) is 6.10 Å². The van der Waals surface area contributed by atoms with E-state index in [9.17, 15) is 0 Å². The van der Waals surface area contributed by atoms with Crippen molar-refractivity contribution in [1.82, 2.24) is 5.32 Å². The molecule has 0 saturated heterocycles. The molecule has 0 heterocycles. The van der Waals surface area contributed by atoms with Gasteiger partial charge in [0.2, 0.25) is 0 Å². The zero-order chi connectivity index (χ0) is 13.2. The molecule has 1 atom stereocenters. The van der Waals surface area contributed by atoms with E-state index in [1.165, 1.54) is 12.8 Å². The lowest BCUT2D eigenvalue weighted by atomic mass is 10.2. The molecule has 102 valence electrons. The largest absolute Gasteiger partial charge is 0.490 e. The normalized spacial score (nSPS) is 12.3. The third-order valence-electron chi connectivity index (χ3n) is 2.99. The summed E-state index contributed by atoms with van der Waals surface area (Å²) in [5, 5.41) is 3.45. The van der Waals surface area contributed by atoms with E-state index in [1.54, 1.807) is 0 Å². The van der Waals surface area contributed by atoms with Gasteiger partial charge in [-0.2, -0.15) is 0 Å². The standard InChI is InChI=1S/C15H26N2O/c1-3-5-11-17-12-10-14(4-2)18-15-8-6-13(16)7-9-15/h6-9,14,17H,3-5,10-12,16H2,1-2H3. The molecule has 0 aromatic heterocycles. The zero-order valence-corrected chi connectivity index (χ0v) is 11.6. The van der Waals surface area contributed by atoms with Crippen molar-refractivity contribution < 1.29 is 4.74 Å². The first-order chi connectivity index (χ1) is 8.76. The third-order valence-corrected chi connectivity index (χ3v) is 2.99. The Morgan fingerprint density at radius 1 is 1.17 bits per heavy atom. The van der Waals surface area contributed by atoms with Gasteiger partial charge in [0.05, 0.1) is 6.10 Å². The van der Waals surface area contributed by atoms with Crippen molar-refractivity contribution >= 4 is 5.69 Å². The van der Waals surface area contributed by atoms with Crippen molar-refractivity contribution in [1.29, 1.82) is 0 Å². The molecular formula is C15H26N2O. The Balaban J connectivity index is 2.26. The highest BCUT2D eigenvalue weighted by atomic mass is 16.5. The monoisotopic (exact) mass is 250 g/mol. The first-order valence-corrected chi connectivity index (χ1v) is 6.99. The van der Waals surface area contributed by atoms with Gasteiger partial charge in [-0.3, -0.25) is 0 Å². The van der Waals surface area contributed by atoms with Crippen LogP contribution in [-0.2, 0) is 0 Å². The third kappa shape index (κ3) is 5.92. The Hall–Kier alpha value is -1.22. The van der Waals surface area contributed by atoms with Crippen LogP contribution < -0.4 is 15.8 Å². The summed E-state index contributed by atoms with van der Waals surface area (Å²) in [7, 11) is 0. The number of rotatable bonds is 9. The van der Waals surface area contributed by atoms with E-state index in [0.717, 1.165) is 37.4 Å². The number of benzene rings is 1. The molecule has 18 heavy (non-hydrogen) atoms. The second kappa shape index (κ2) is 8.81. The highest BCUT2D eigenvalue weighted by molar-refractivity contribution is 5.41. The molecule has 1 rings (SSSR count). The quantitative estimate of drug-likeness (QED) is 0.522. The van der Waals surface area contributed by atoms with Gasteiger partial charge in [0.1, 0.15) is 5.75 Å². The molecule has 0 amide bonds. The average molecular weight is 250 g/mol. The zero-order valence-electron chi connectivity index (χ0n) is 11.6. The van der Waals surface area contributed by atoms with Crippen LogP contribution in [0.15, 0.2) is 24.3 Å². The second-order valence-corrected chi connectivity index (χ2v) is 4.61. The summed E-state index contributed by atoms with van der Waals surface area (Å²) in [4.78, 5) is 0. The molecule has 0 aliphatic carbocycles. The maximum absolute atomic E-state index is 5.93. The van der Waals surface area contributed by atoms with E-state index >= 15 is 0 Å². The topological polar surface area (TPSA) is 47.3 Å². The number of nitrogen functional groups attached to an aromatic ring is 1. The molecule has 0 bridgehead atoms. The first-order valence-electron chi connectivity index (χ1n) is 6.99. The molecule has 1 aromatic carbocycles. The summed E-state index contributed by atoms with van der Waals surface area (Å²) in [6, 6.07) is 7.62. The molecule has 0 fully saturated rings. The van der Waals surface area contributed by atoms with Gasteiger partial charge in [0, 0.05) is 5.69 Å². The van der Waals surface area contributed by atoms with Crippen LogP contribution in [0.2, 0.25) is 0 Å². The van der Waals surface area contributed by atoms with Crippen molar-refractivity contribution in [2.75, 3.05) is 18.8 Å². The van der Waals surface area contributed by atoms with Crippen molar-refractivity contribution in [3.8, 4) is 5.75 Å². The van der Waals surface area contributed by atoms with Crippen LogP contribution in [0.1, 0.15) is 39.5 Å². The maximum atomic E-state index is 5.93. The molecule has 0 aliphatic rings. The van der Waals surface area contributed by atoms with E-state index in [4.69, 9.17) is 10.5 Å². The Morgan fingerprint density at radius 2 is 1.89 bits per heavy atom. The Morgan fingerprint density at radius 3 is 2.50 bits per heavy atom. The lowest BCUT2D eigenvalue weighted by Crippen LogP contribution is -2.24. The fourth-order valence-electron chi connectivity index (χ4n) is 1.78. The predicted molar refractivity (Wildman–Crippen MR) is 78.0 cm³/mol. The molecule has 0 spiro atoms. The van der Waals surface area contributed by atoms with Crippen LogP contribution in [0, 0.1) is 0 Å². The van der Waals surface area contributed by atoms with E-state index in [0.29, 0.717) is 0 Å². The molecule has 3 N–H and O–H groups in total. The molecule has 0 aliphatic heterocycles. The number of hydrogen-bond donors (Lipinski definition) is 2. The highest BCUT2D eigenvalue weighted by Crippen LogP contribution is 2.16. The van der Waals surface area contributed by atoms with Gasteiger partial charge in [0.25, 0.3) is 0 Å². The number of anilines is 1. The summed E-state index contributed by atoms with van der Waals surface area (Å²) in [6.07, 6.45) is 4.84. The van der Waals surface area contributed by atoms with Crippen LogP contribution in [0.3, 0.4) is 0 Å². The van der Waals surface area contributed by atoms with Crippen LogP contribution in [-0.4, -0.2) is 19.2 Å². The number of hydrogen-bond acceptors (Lipinski definition) is 3. The molecule has 0 saturated carbocycles. The van der Waals surface area contributed by atoms with E-state index in [1.807, 2.05) is 24.3 Å². The van der Waals surface area contributed by atoms with Gasteiger partial charge in [-0.1, -0.05) is 20.3 Å². The van der Waals surface area contributed by atoms with Crippen molar-refractivity contribution in [3.63, 3.8) is 0 Å². The van der Waals surface area contributed by atoms with Gasteiger partial charge in [-0.25, -0.2) is 0 Å². The van der Waals surface area contributed by atoms with Crippen LogP contribution in [0.4, 0.5) is 5.69 Å². The smallest absolute Gasteiger partial charge is 0.119 e. The molecular weight excluding hydrogens is 224 g/mol. The first kappa shape index (κ1) is 14.8. The number of nitrogens with two attached hydrogens (primary N) is 1. The maximum Gasteiger partial charge on any atom is 0.119 e. The summed E-state index contributed by atoms with van der Waals surface area (Å²) in [5.41, 5.74) is 6.43. The molecule has 1 aromatic rings. The average Bonchev–Trinajstić information content (AvgIpc) is 2.39. The fraction of sp³-hybridized carbons (Fsp3) is 0.600. The summed E-state index contributed by atoms with van der Waals surface area (Å²) in [6.45, 7) is 6.50. The van der Waals surface area contributed by atoms with E-state index in [2.05, 4.69) is 19.2 Å². The minimum absolute atomic E-state index is 0.280. The van der Waals surface area contributed by atoms with Crippen molar-refractivity contribution in [3.05, 3.63) is 24.3 Å². The lowest BCUT2D eigenvalue weighted by molar-refractivity contribution is 0.186. The number of nitrogens with one attached hydrogen (secondary N) is 1. The molecule has 3 nitrogen and oxygen atoms in total. The van der Waals surface area contributed by atoms with Crippen LogP contribution >= 0.6 is 0 Å². The molecule has 0 radical (unpaired) electrons. The minimum Gasteiger partial charge on any atom is -0.490 e. The van der Waals surface area contributed by atoms with Crippen molar-refractivity contribution in [2.24, 2.45) is 0 Å². The van der Waals surface area contributed by atoms with Gasteiger partial charge in [-0.15, -0.1) is 0 Å². The van der Waals surface area contributed by atoms with Gasteiger partial charge >= 0.3 is 0 Å². The van der Waals surface area contributed by atoms with Crippen molar-refractivity contribution in [2.45, 2.75) is 45.6 Å². The summed E-state index contributed by atoms with van der Waals surface area (Å²) in [5.74, 6) is 0.907. The van der Waals surface area contributed by atoms with Gasteiger partial charge in [0.15, 0.2) is 0 Å². The van der Waals surface area contributed by atoms with E-state index < -0.39 is 0 Å². The number of ether oxygens (including phenoxy) is 1. The highest BCUT2D eigenvalue weighted by Gasteiger charge is 2.07. The Kier molecular flexibility index (Phi) is 7.26. The fourth-order valence-corrected chi connectivity index (χ4v) is 1.78. The van der Waals surface area contributed by atoms with Crippen LogP contribution in [0.25, 0.3) is 0 Å². The number of unbranched alkanes of at least 4 members (excludes halogenated alkanes) is 1. The predicted octanol–water partition coefficient (Wildman–Crippen LogP) is 3.21. The Bertz CT molecular complexity index is 311.